The van der Waals surface area contributed by atoms with E-state index in [-0.39, 0.29) is 5.78 Å². The summed E-state index contributed by atoms with van der Waals surface area (Å²) in [7, 11) is 0. The summed E-state index contributed by atoms with van der Waals surface area (Å²) in [6.07, 6.45) is 1.12. The number of para-hydroxylation sites is 1. The second kappa shape index (κ2) is 5.11. The van der Waals surface area contributed by atoms with E-state index in [1.54, 1.807) is 0 Å². The third-order valence-corrected chi connectivity index (χ3v) is 3.17. The van der Waals surface area contributed by atoms with Crippen molar-refractivity contribution in [3.05, 3.63) is 72.0 Å². The molecule has 1 heterocycles. The van der Waals surface area contributed by atoms with Crippen molar-refractivity contribution in [3.8, 4) is 0 Å². The first kappa shape index (κ1) is 11.7. The van der Waals surface area contributed by atoms with Gasteiger partial charge in [-0.05, 0) is 12.1 Å². The molecule has 3 aromatic rings. The van der Waals surface area contributed by atoms with Crippen molar-refractivity contribution in [3.63, 3.8) is 0 Å². The van der Waals surface area contributed by atoms with Gasteiger partial charge in [-0.3, -0.25) is 4.79 Å². The smallest absolute Gasteiger partial charge is 0.163 e. The van der Waals surface area contributed by atoms with E-state index in [0.29, 0.717) is 12.8 Å². The second-order valence-corrected chi connectivity index (χ2v) is 4.54. The van der Waals surface area contributed by atoms with E-state index >= 15 is 0 Å². The summed E-state index contributed by atoms with van der Waals surface area (Å²) in [6, 6.07) is 19.3. The van der Waals surface area contributed by atoms with Gasteiger partial charge in [0.25, 0.3) is 0 Å². The molecule has 2 heteroatoms. The molecule has 0 amide bonds. The van der Waals surface area contributed by atoms with E-state index in [2.05, 4.69) is 0 Å². The van der Waals surface area contributed by atoms with Crippen LogP contribution >= 0.6 is 0 Å². The standard InChI is InChI=1S/C17H14O2/c18-16(13-6-2-1-3-7-13)11-10-15-12-14-8-4-5-9-17(14)19-15/h1-9,12H,10-11H2. The molecule has 1 aromatic heterocycles. The zero-order chi connectivity index (χ0) is 13.1. The molecule has 0 aliphatic carbocycles. The number of furan rings is 1. The van der Waals surface area contributed by atoms with Gasteiger partial charge in [-0.15, -0.1) is 0 Å². The van der Waals surface area contributed by atoms with Crippen molar-refractivity contribution in [2.75, 3.05) is 0 Å². The number of rotatable bonds is 4. The molecule has 19 heavy (non-hydrogen) atoms. The van der Waals surface area contributed by atoms with Gasteiger partial charge in [0.05, 0.1) is 0 Å². The van der Waals surface area contributed by atoms with E-state index < -0.39 is 0 Å². The molecule has 2 nitrogen and oxygen atoms in total. The Labute approximate surface area is 111 Å². The molecule has 0 fully saturated rings. The first-order chi connectivity index (χ1) is 9.33. The van der Waals surface area contributed by atoms with Gasteiger partial charge in [0, 0.05) is 23.8 Å². The highest BCUT2D eigenvalue weighted by Crippen LogP contribution is 2.20. The summed E-state index contributed by atoms with van der Waals surface area (Å²) >= 11 is 0. The van der Waals surface area contributed by atoms with Crippen LogP contribution in [0.3, 0.4) is 0 Å². The molecule has 0 saturated carbocycles. The first-order valence-electron chi connectivity index (χ1n) is 6.38. The highest BCUT2D eigenvalue weighted by atomic mass is 16.3. The van der Waals surface area contributed by atoms with Crippen molar-refractivity contribution >= 4 is 16.8 Å². The summed E-state index contributed by atoms with van der Waals surface area (Å²) in [5.74, 6) is 1.02. The number of fused-ring (bicyclic) bond motifs is 1. The number of carbonyl (C=O) groups excluding carboxylic acids is 1. The Morgan fingerprint density at radius 1 is 0.947 bits per heavy atom. The van der Waals surface area contributed by atoms with Gasteiger partial charge in [0.1, 0.15) is 11.3 Å². The molecule has 94 valence electrons. The molecule has 0 aliphatic heterocycles. The number of benzene rings is 2. The summed E-state index contributed by atoms with van der Waals surface area (Å²) in [5, 5.41) is 1.09. The van der Waals surface area contributed by atoms with Crippen LogP contribution in [0.5, 0.6) is 0 Å². The van der Waals surface area contributed by atoms with Crippen molar-refractivity contribution in [2.24, 2.45) is 0 Å². The molecule has 0 atom stereocenters. The lowest BCUT2D eigenvalue weighted by atomic mass is 10.1. The first-order valence-corrected chi connectivity index (χ1v) is 6.38. The SMILES string of the molecule is O=C(CCc1cc2ccccc2o1)c1ccccc1. The maximum absolute atomic E-state index is 12.0. The summed E-state index contributed by atoms with van der Waals surface area (Å²) in [5.41, 5.74) is 1.64. The van der Waals surface area contributed by atoms with E-state index in [9.17, 15) is 4.79 Å². The van der Waals surface area contributed by atoms with Crippen LogP contribution in [-0.2, 0) is 6.42 Å². The molecular weight excluding hydrogens is 236 g/mol. The molecule has 0 spiro atoms. The lowest BCUT2D eigenvalue weighted by Crippen LogP contribution is -2.00. The van der Waals surface area contributed by atoms with Crippen LogP contribution in [0, 0.1) is 0 Å². The fourth-order valence-electron chi connectivity index (χ4n) is 2.17. The topological polar surface area (TPSA) is 30.2 Å². The van der Waals surface area contributed by atoms with Gasteiger partial charge in [0.2, 0.25) is 0 Å². The molecule has 2 aromatic carbocycles. The van der Waals surface area contributed by atoms with Crippen molar-refractivity contribution < 1.29 is 9.21 Å². The van der Waals surface area contributed by atoms with E-state index in [1.807, 2.05) is 60.7 Å². The molecule has 0 N–H and O–H groups in total. The third kappa shape index (κ3) is 2.58. The lowest BCUT2D eigenvalue weighted by Gasteiger charge is -1.98. The molecular formula is C17H14O2. The zero-order valence-corrected chi connectivity index (χ0v) is 10.5. The number of Topliss-reactive ketones (excluding diaryl/α,β-unsaturated/α-hetero) is 1. The summed E-state index contributed by atoms with van der Waals surface area (Å²) < 4.78 is 5.70. The van der Waals surface area contributed by atoms with Crippen LogP contribution in [0.1, 0.15) is 22.5 Å². The van der Waals surface area contributed by atoms with Gasteiger partial charge < -0.3 is 4.42 Å². The molecule has 0 unspecified atom stereocenters. The molecule has 3 rings (SSSR count). The van der Waals surface area contributed by atoms with Crippen LogP contribution in [0.25, 0.3) is 11.0 Å². The largest absolute Gasteiger partial charge is 0.461 e. The maximum atomic E-state index is 12.0. The predicted molar refractivity (Wildman–Crippen MR) is 75.3 cm³/mol. The van der Waals surface area contributed by atoms with Crippen LogP contribution < -0.4 is 0 Å². The van der Waals surface area contributed by atoms with Gasteiger partial charge in [-0.2, -0.15) is 0 Å². The average Bonchev–Trinajstić information content (AvgIpc) is 2.88. The van der Waals surface area contributed by atoms with E-state index in [1.165, 1.54) is 0 Å². The van der Waals surface area contributed by atoms with Crippen LogP contribution in [0.2, 0.25) is 0 Å². The van der Waals surface area contributed by atoms with E-state index in [0.717, 1.165) is 22.3 Å². The number of hydrogen-bond donors (Lipinski definition) is 0. The van der Waals surface area contributed by atoms with E-state index in [4.69, 9.17) is 4.42 Å². The predicted octanol–water partition coefficient (Wildman–Crippen LogP) is 4.25. The Kier molecular flexibility index (Phi) is 3.15. The molecule has 0 radical (unpaired) electrons. The van der Waals surface area contributed by atoms with Crippen molar-refractivity contribution in [1.29, 1.82) is 0 Å². The minimum Gasteiger partial charge on any atom is -0.461 e. The monoisotopic (exact) mass is 250 g/mol. The molecule has 0 aliphatic rings. The summed E-state index contributed by atoms with van der Waals surface area (Å²) in [6.45, 7) is 0. The molecule has 0 saturated heterocycles. The minimum absolute atomic E-state index is 0.154. The Bertz CT molecular complexity index is 662. The lowest BCUT2D eigenvalue weighted by molar-refractivity contribution is 0.0981. The summed E-state index contributed by atoms with van der Waals surface area (Å²) in [4.78, 5) is 12.0. The highest BCUT2D eigenvalue weighted by Gasteiger charge is 2.08. The van der Waals surface area contributed by atoms with Crippen molar-refractivity contribution in [1.82, 2.24) is 0 Å². The fourth-order valence-corrected chi connectivity index (χ4v) is 2.17. The van der Waals surface area contributed by atoms with Gasteiger partial charge in [-0.1, -0.05) is 48.5 Å². The molecule has 0 bridgehead atoms. The quantitative estimate of drug-likeness (QED) is 0.648. The minimum atomic E-state index is 0.154. The highest BCUT2D eigenvalue weighted by molar-refractivity contribution is 5.96. The third-order valence-electron chi connectivity index (χ3n) is 3.17. The number of hydrogen-bond acceptors (Lipinski definition) is 2. The normalized spacial score (nSPS) is 10.7. The Morgan fingerprint density at radius 2 is 1.68 bits per heavy atom. The fraction of sp³-hybridized carbons (Fsp3) is 0.118. The average molecular weight is 250 g/mol. The van der Waals surface area contributed by atoms with Crippen LogP contribution in [0.15, 0.2) is 65.1 Å². The Hall–Kier alpha value is -2.35. The zero-order valence-electron chi connectivity index (χ0n) is 10.5. The maximum Gasteiger partial charge on any atom is 0.163 e. The second-order valence-electron chi connectivity index (χ2n) is 4.54. The van der Waals surface area contributed by atoms with Crippen LogP contribution in [-0.4, -0.2) is 5.78 Å². The Morgan fingerprint density at radius 3 is 2.47 bits per heavy atom. The van der Waals surface area contributed by atoms with Gasteiger partial charge >= 0.3 is 0 Å². The van der Waals surface area contributed by atoms with Crippen LogP contribution in [0.4, 0.5) is 0 Å². The number of carbonyl (C=O) groups is 1. The van der Waals surface area contributed by atoms with Gasteiger partial charge in [0.15, 0.2) is 5.78 Å². The Balaban J connectivity index is 1.71. The number of aryl methyl sites for hydroxylation is 1. The number of ketones is 1. The van der Waals surface area contributed by atoms with Crippen molar-refractivity contribution in [2.45, 2.75) is 12.8 Å². The van der Waals surface area contributed by atoms with Gasteiger partial charge in [-0.25, -0.2) is 0 Å².